The highest BCUT2D eigenvalue weighted by atomic mass is 79.9. The standard InChI is InChI=1S/C14H20Br3NO2/c1-12(2)13(10(16)17)3-4-14(12,9(13)15)11(19)18-5-7-20-8-6-18/h9-10H,3-8H2,1-2H3/t9-,13-,14+/m1/s1. The molecule has 4 fully saturated rings. The topological polar surface area (TPSA) is 29.5 Å². The minimum Gasteiger partial charge on any atom is -0.378 e. The molecule has 0 aromatic heterocycles. The first-order valence-electron chi connectivity index (χ1n) is 7.12. The van der Waals surface area contributed by atoms with Crippen molar-refractivity contribution in [1.29, 1.82) is 0 Å². The summed E-state index contributed by atoms with van der Waals surface area (Å²) in [4.78, 5) is 15.4. The molecule has 114 valence electrons. The first-order chi connectivity index (χ1) is 9.32. The van der Waals surface area contributed by atoms with E-state index < -0.39 is 0 Å². The summed E-state index contributed by atoms with van der Waals surface area (Å²) in [5, 5.41) is 0. The molecule has 0 aromatic carbocycles. The number of rotatable bonds is 2. The predicted molar refractivity (Wildman–Crippen MR) is 89.6 cm³/mol. The Kier molecular flexibility index (Phi) is 3.89. The average Bonchev–Trinajstić information content (AvgIpc) is 2.88. The van der Waals surface area contributed by atoms with Gasteiger partial charge in [0.15, 0.2) is 0 Å². The fourth-order valence-electron chi connectivity index (χ4n) is 4.72. The maximum Gasteiger partial charge on any atom is 0.230 e. The van der Waals surface area contributed by atoms with Crippen molar-refractivity contribution in [2.24, 2.45) is 16.2 Å². The highest BCUT2D eigenvalue weighted by molar-refractivity contribution is 9.24. The van der Waals surface area contributed by atoms with Gasteiger partial charge in [0.05, 0.1) is 22.4 Å². The average molecular weight is 474 g/mol. The first-order valence-corrected chi connectivity index (χ1v) is 9.86. The Hall–Kier alpha value is 0.870. The van der Waals surface area contributed by atoms with Gasteiger partial charge in [-0.15, -0.1) is 0 Å². The second kappa shape index (κ2) is 4.93. The van der Waals surface area contributed by atoms with Crippen LogP contribution in [0.25, 0.3) is 0 Å². The Morgan fingerprint density at radius 2 is 1.85 bits per heavy atom. The molecule has 1 heterocycles. The minimum atomic E-state index is -0.260. The third-order valence-electron chi connectivity index (χ3n) is 6.17. The predicted octanol–water partition coefficient (Wildman–Crippen LogP) is 3.53. The van der Waals surface area contributed by atoms with E-state index >= 15 is 0 Å². The molecule has 6 heteroatoms. The number of alkyl halides is 3. The normalized spacial score (nSPS) is 42.7. The summed E-state index contributed by atoms with van der Waals surface area (Å²) in [5.74, 6) is 0.321. The van der Waals surface area contributed by atoms with Crippen molar-refractivity contribution in [3.8, 4) is 0 Å². The molecule has 0 aromatic rings. The molecule has 1 amide bonds. The van der Waals surface area contributed by atoms with Crippen molar-refractivity contribution in [2.75, 3.05) is 26.3 Å². The molecule has 0 unspecified atom stereocenters. The highest BCUT2D eigenvalue weighted by Crippen LogP contribution is 2.82. The molecule has 0 spiro atoms. The number of amides is 1. The van der Waals surface area contributed by atoms with Gasteiger partial charge in [0.1, 0.15) is 0 Å². The van der Waals surface area contributed by atoms with Crippen LogP contribution in [0.4, 0.5) is 0 Å². The van der Waals surface area contributed by atoms with Crippen LogP contribution in [0.1, 0.15) is 26.7 Å². The molecule has 2 bridgehead atoms. The van der Waals surface area contributed by atoms with Crippen molar-refractivity contribution in [1.82, 2.24) is 4.90 Å². The number of halogens is 3. The number of fused-ring (bicyclic) bond motifs is 1. The van der Waals surface area contributed by atoms with Crippen molar-refractivity contribution < 1.29 is 9.53 Å². The molecule has 3 aliphatic carbocycles. The van der Waals surface area contributed by atoms with Crippen LogP contribution in [0.5, 0.6) is 0 Å². The van der Waals surface area contributed by atoms with E-state index in [9.17, 15) is 4.79 Å². The lowest BCUT2D eigenvalue weighted by Gasteiger charge is -2.66. The van der Waals surface area contributed by atoms with Gasteiger partial charge >= 0.3 is 0 Å². The number of ether oxygens (including phenoxy) is 1. The monoisotopic (exact) mass is 471 g/mol. The van der Waals surface area contributed by atoms with Gasteiger partial charge in [-0.05, 0) is 18.3 Å². The zero-order valence-corrected chi connectivity index (χ0v) is 16.6. The Morgan fingerprint density at radius 1 is 1.25 bits per heavy atom. The molecule has 3 saturated carbocycles. The molecular formula is C14H20Br3NO2. The van der Waals surface area contributed by atoms with Gasteiger partial charge in [0.25, 0.3) is 0 Å². The number of hydrogen-bond donors (Lipinski definition) is 0. The third kappa shape index (κ3) is 1.57. The Labute approximate surface area is 145 Å². The SMILES string of the molecule is CC1(C)[C@]2(C(Br)Br)CC[C@@]1(C(=O)N1CCOCC1)[C@@H]2Br. The third-order valence-corrected chi connectivity index (χ3v) is 9.40. The zero-order chi connectivity index (χ0) is 14.8. The maximum atomic E-state index is 13.2. The summed E-state index contributed by atoms with van der Waals surface area (Å²) in [5.41, 5.74) is -0.166. The van der Waals surface area contributed by atoms with E-state index in [2.05, 4.69) is 61.6 Å². The van der Waals surface area contributed by atoms with E-state index in [4.69, 9.17) is 4.74 Å². The van der Waals surface area contributed by atoms with Gasteiger partial charge in [0.2, 0.25) is 5.91 Å². The molecular weight excluding hydrogens is 454 g/mol. The van der Waals surface area contributed by atoms with Gasteiger partial charge in [0, 0.05) is 23.3 Å². The molecule has 0 N–H and O–H groups in total. The van der Waals surface area contributed by atoms with Crippen LogP contribution in [0, 0.1) is 16.2 Å². The second-order valence-corrected chi connectivity index (χ2v) is 10.7. The smallest absolute Gasteiger partial charge is 0.230 e. The molecule has 0 radical (unpaired) electrons. The summed E-state index contributed by atoms with van der Waals surface area (Å²) in [6.07, 6.45) is 2.05. The lowest BCUT2D eigenvalue weighted by Crippen LogP contribution is -2.72. The molecule has 4 aliphatic rings. The fraction of sp³-hybridized carbons (Fsp3) is 0.929. The molecule has 3 nitrogen and oxygen atoms in total. The molecule has 1 saturated heterocycles. The van der Waals surface area contributed by atoms with E-state index in [1.54, 1.807) is 0 Å². The fourth-order valence-corrected chi connectivity index (χ4v) is 9.62. The largest absolute Gasteiger partial charge is 0.378 e. The number of hydrogen-bond acceptors (Lipinski definition) is 2. The number of nitrogens with zero attached hydrogens (tertiary/aromatic N) is 1. The van der Waals surface area contributed by atoms with Gasteiger partial charge in [-0.2, -0.15) is 0 Å². The van der Waals surface area contributed by atoms with E-state index in [-0.39, 0.29) is 24.8 Å². The van der Waals surface area contributed by atoms with Crippen LogP contribution in [0.2, 0.25) is 0 Å². The van der Waals surface area contributed by atoms with Crippen molar-refractivity contribution in [3.05, 3.63) is 0 Å². The van der Waals surface area contributed by atoms with Crippen LogP contribution in [0.15, 0.2) is 0 Å². The van der Waals surface area contributed by atoms with Crippen LogP contribution >= 0.6 is 47.8 Å². The van der Waals surface area contributed by atoms with E-state index in [1.165, 1.54) is 0 Å². The molecule has 20 heavy (non-hydrogen) atoms. The molecule has 4 rings (SSSR count). The number of morpholine rings is 1. The van der Waals surface area contributed by atoms with Gasteiger partial charge in [-0.1, -0.05) is 61.6 Å². The van der Waals surface area contributed by atoms with Crippen molar-refractivity contribution in [3.63, 3.8) is 0 Å². The summed E-state index contributed by atoms with van der Waals surface area (Å²) in [6, 6.07) is 0. The quantitative estimate of drug-likeness (QED) is 0.574. The van der Waals surface area contributed by atoms with Gasteiger partial charge in [-0.25, -0.2) is 0 Å². The van der Waals surface area contributed by atoms with Crippen LogP contribution in [0.3, 0.4) is 0 Å². The zero-order valence-electron chi connectivity index (χ0n) is 11.8. The summed E-state index contributed by atoms with van der Waals surface area (Å²) >= 11 is 11.3. The Morgan fingerprint density at radius 3 is 2.30 bits per heavy atom. The summed E-state index contributed by atoms with van der Waals surface area (Å²) in [6.45, 7) is 7.31. The van der Waals surface area contributed by atoms with Gasteiger partial charge in [-0.3, -0.25) is 4.79 Å². The van der Waals surface area contributed by atoms with Crippen LogP contribution in [-0.2, 0) is 9.53 Å². The number of carbonyl (C=O) groups is 1. The van der Waals surface area contributed by atoms with E-state index in [0.29, 0.717) is 19.1 Å². The van der Waals surface area contributed by atoms with E-state index in [1.807, 2.05) is 4.90 Å². The molecule has 3 atom stereocenters. The lowest BCUT2D eigenvalue weighted by molar-refractivity contribution is -0.176. The van der Waals surface area contributed by atoms with E-state index in [0.717, 1.165) is 25.9 Å². The first kappa shape index (κ1) is 15.8. The van der Waals surface area contributed by atoms with Crippen molar-refractivity contribution in [2.45, 2.75) is 35.3 Å². The van der Waals surface area contributed by atoms with Crippen LogP contribution < -0.4 is 0 Å². The Balaban J connectivity index is 1.92. The van der Waals surface area contributed by atoms with Crippen molar-refractivity contribution >= 4 is 53.7 Å². The highest BCUT2D eigenvalue weighted by Gasteiger charge is 2.83. The Bertz CT molecular complexity index is 436. The summed E-state index contributed by atoms with van der Waals surface area (Å²) in [7, 11) is 0. The molecule has 1 aliphatic heterocycles. The second-order valence-electron chi connectivity index (χ2n) is 6.70. The van der Waals surface area contributed by atoms with Gasteiger partial charge < -0.3 is 9.64 Å². The minimum absolute atomic E-state index is 0.0127. The van der Waals surface area contributed by atoms with Crippen LogP contribution in [-0.4, -0.2) is 45.7 Å². The maximum absolute atomic E-state index is 13.2. The lowest BCUT2D eigenvalue weighted by atomic mass is 9.43. The summed E-state index contributed by atoms with van der Waals surface area (Å²) < 4.78 is 5.61. The number of carbonyl (C=O) groups excluding carboxylic acids is 1.